The van der Waals surface area contributed by atoms with Gasteiger partial charge in [0.25, 0.3) is 0 Å². The first kappa shape index (κ1) is 15.0. The highest BCUT2D eigenvalue weighted by Crippen LogP contribution is 2.12. The molecule has 1 fully saturated rings. The highest BCUT2D eigenvalue weighted by molar-refractivity contribution is 7.07. The van der Waals surface area contributed by atoms with Crippen LogP contribution >= 0.6 is 11.3 Å². The summed E-state index contributed by atoms with van der Waals surface area (Å²) in [6, 6.07) is 1.31. The van der Waals surface area contributed by atoms with Crippen LogP contribution in [0.25, 0.3) is 0 Å². The van der Waals surface area contributed by atoms with Gasteiger partial charge in [0.1, 0.15) is 0 Å². The van der Waals surface area contributed by atoms with Crippen molar-refractivity contribution in [3.63, 3.8) is 0 Å². The second-order valence-electron chi connectivity index (χ2n) is 5.01. The van der Waals surface area contributed by atoms with Crippen LogP contribution in [0.15, 0.2) is 16.8 Å². The minimum atomic E-state index is -0.809. The molecule has 0 aliphatic carbocycles. The molecule has 2 rings (SSSR count). The molecule has 1 atom stereocenters. The molecule has 0 radical (unpaired) electrons. The van der Waals surface area contributed by atoms with Crippen LogP contribution in [0.3, 0.4) is 0 Å². The van der Waals surface area contributed by atoms with Crippen molar-refractivity contribution in [1.82, 2.24) is 9.80 Å². The van der Waals surface area contributed by atoms with Gasteiger partial charge in [-0.15, -0.1) is 0 Å². The Kier molecular flexibility index (Phi) is 5.11. The van der Waals surface area contributed by atoms with E-state index in [1.165, 1.54) is 5.56 Å². The lowest BCUT2D eigenvalue weighted by Gasteiger charge is -2.35. The van der Waals surface area contributed by atoms with Crippen molar-refractivity contribution >= 4 is 23.2 Å². The van der Waals surface area contributed by atoms with Gasteiger partial charge in [-0.25, -0.2) is 0 Å². The maximum absolute atomic E-state index is 12.0. The van der Waals surface area contributed by atoms with Gasteiger partial charge in [0.2, 0.25) is 11.8 Å². The molecule has 110 valence electrons. The Morgan fingerprint density at radius 3 is 2.55 bits per heavy atom. The molecular weight excluding hydrogens is 276 g/mol. The number of rotatable bonds is 5. The average molecular weight is 296 g/mol. The second-order valence-corrected chi connectivity index (χ2v) is 5.79. The highest BCUT2D eigenvalue weighted by Gasteiger charge is 2.26. The van der Waals surface area contributed by atoms with Crippen molar-refractivity contribution in [3.05, 3.63) is 22.4 Å². The summed E-state index contributed by atoms with van der Waals surface area (Å²) >= 11 is 1.69. The van der Waals surface area contributed by atoms with Gasteiger partial charge in [0.05, 0.1) is 12.5 Å². The van der Waals surface area contributed by atoms with Crippen LogP contribution in [-0.2, 0) is 16.1 Å². The molecule has 1 aliphatic heterocycles. The zero-order valence-electron chi connectivity index (χ0n) is 11.3. The Hall–Kier alpha value is -1.44. The molecule has 0 saturated carbocycles. The Morgan fingerprint density at radius 2 is 2.00 bits per heavy atom. The Balaban J connectivity index is 1.78. The van der Waals surface area contributed by atoms with Gasteiger partial charge >= 0.3 is 0 Å². The van der Waals surface area contributed by atoms with Crippen LogP contribution in [0.2, 0.25) is 0 Å². The third-order valence-electron chi connectivity index (χ3n) is 3.41. The summed E-state index contributed by atoms with van der Waals surface area (Å²) < 4.78 is 0. The number of hydrogen-bond donors (Lipinski definition) is 2. The molecule has 7 heteroatoms. The Labute approximate surface area is 122 Å². The van der Waals surface area contributed by atoms with E-state index in [0.29, 0.717) is 13.1 Å². The van der Waals surface area contributed by atoms with Crippen molar-refractivity contribution in [2.45, 2.75) is 19.0 Å². The van der Waals surface area contributed by atoms with Gasteiger partial charge in [-0.1, -0.05) is 0 Å². The Morgan fingerprint density at radius 1 is 1.30 bits per heavy atom. The van der Waals surface area contributed by atoms with E-state index in [9.17, 15) is 9.59 Å². The molecule has 2 heterocycles. The smallest absolute Gasteiger partial charge is 0.240 e. The molecule has 20 heavy (non-hydrogen) atoms. The molecule has 0 bridgehead atoms. The van der Waals surface area contributed by atoms with Crippen LogP contribution in [-0.4, -0.2) is 53.8 Å². The zero-order valence-corrected chi connectivity index (χ0v) is 12.1. The van der Waals surface area contributed by atoms with Crippen molar-refractivity contribution in [2.75, 3.05) is 26.2 Å². The van der Waals surface area contributed by atoms with E-state index < -0.39 is 11.9 Å². The number of primary amides is 1. The van der Waals surface area contributed by atoms with Crippen LogP contribution < -0.4 is 11.5 Å². The van der Waals surface area contributed by atoms with Gasteiger partial charge < -0.3 is 16.4 Å². The molecule has 2 amide bonds. The highest BCUT2D eigenvalue weighted by atomic mass is 32.1. The van der Waals surface area contributed by atoms with Crippen LogP contribution in [0, 0.1) is 0 Å². The van der Waals surface area contributed by atoms with Crippen molar-refractivity contribution < 1.29 is 9.59 Å². The quantitative estimate of drug-likeness (QED) is 0.773. The molecule has 1 aromatic rings. The first-order valence-electron chi connectivity index (χ1n) is 6.62. The molecular formula is C13H20N4O2S. The van der Waals surface area contributed by atoms with Gasteiger partial charge in [0.15, 0.2) is 0 Å². The van der Waals surface area contributed by atoms with Gasteiger partial charge in [-0.3, -0.25) is 14.5 Å². The van der Waals surface area contributed by atoms with E-state index in [-0.39, 0.29) is 12.3 Å². The van der Waals surface area contributed by atoms with E-state index in [2.05, 4.69) is 21.7 Å². The van der Waals surface area contributed by atoms with Crippen LogP contribution in [0.4, 0.5) is 0 Å². The molecule has 1 aromatic heterocycles. The predicted octanol–water partition coefficient (Wildman–Crippen LogP) is -0.405. The van der Waals surface area contributed by atoms with E-state index in [1.54, 1.807) is 16.2 Å². The summed E-state index contributed by atoms with van der Waals surface area (Å²) in [4.78, 5) is 26.9. The van der Waals surface area contributed by atoms with E-state index >= 15 is 0 Å². The van der Waals surface area contributed by atoms with Crippen molar-refractivity contribution in [3.8, 4) is 0 Å². The fourth-order valence-electron chi connectivity index (χ4n) is 2.31. The lowest BCUT2D eigenvalue weighted by atomic mass is 10.1. The first-order chi connectivity index (χ1) is 9.56. The summed E-state index contributed by atoms with van der Waals surface area (Å²) in [6.07, 6.45) is -0.0893. The van der Waals surface area contributed by atoms with E-state index in [0.717, 1.165) is 19.6 Å². The van der Waals surface area contributed by atoms with Crippen LogP contribution in [0.1, 0.15) is 12.0 Å². The first-order valence-corrected chi connectivity index (χ1v) is 7.56. The maximum atomic E-state index is 12.0. The fraction of sp³-hybridized carbons (Fsp3) is 0.538. The van der Waals surface area contributed by atoms with E-state index in [4.69, 9.17) is 11.5 Å². The average Bonchev–Trinajstić information content (AvgIpc) is 2.91. The number of carbonyl (C=O) groups excluding carboxylic acids is 2. The predicted molar refractivity (Wildman–Crippen MR) is 78.0 cm³/mol. The lowest BCUT2D eigenvalue weighted by molar-refractivity contribution is -0.136. The molecule has 0 aromatic carbocycles. The largest absolute Gasteiger partial charge is 0.370 e. The molecule has 1 saturated heterocycles. The lowest BCUT2D eigenvalue weighted by Crippen LogP contribution is -2.53. The number of nitrogens with two attached hydrogens (primary N) is 2. The molecule has 6 nitrogen and oxygen atoms in total. The Bertz CT molecular complexity index is 455. The second kappa shape index (κ2) is 6.83. The number of amides is 2. The standard InChI is InChI=1S/C13H20N4O2S/c14-11(7-12(15)18)13(19)17-4-2-16(3-5-17)8-10-1-6-20-9-10/h1,6,9,11H,2-5,7-8,14H2,(H2,15,18). The molecule has 1 unspecified atom stereocenters. The fourth-order valence-corrected chi connectivity index (χ4v) is 2.97. The summed E-state index contributed by atoms with van der Waals surface area (Å²) in [5.74, 6) is -0.721. The number of carbonyl (C=O) groups is 2. The van der Waals surface area contributed by atoms with Crippen LogP contribution in [0.5, 0.6) is 0 Å². The molecule has 0 spiro atoms. The summed E-state index contributed by atoms with van der Waals surface area (Å²) in [5, 5.41) is 4.21. The third kappa shape index (κ3) is 4.03. The van der Waals surface area contributed by atoms with Crippen molar-refractivity contribution in [1.29, 1.82) is 0 Å². The number of piperazine rings is 1. The minimum absolute atomic E-state index is 0.0893. The number of nitrogens with zero attached hydrogens (tertiary/aromatic N) is 2. The van der Waals surface area contributed by atoms with Gasteiger partial charge in [0, 0.05) is 32.7 Å². The van der Waals surface area contributed by atoms with Gasteiger partial charge in [-0.05, 0) is 22.4 Å². The summed E-state index contributed by atoms with van der Waals surface area (Å²) in [5.41, 5.74) is 12.1. The number of thiophene rings is 1. The molecule has 1 aliphatic rings. The SMILES string of the molecule is NC(=O)CC(N)C(=O)N1CCN(Cc2ccsc2)CC1. The topological polar surface area (TPSA) is 92.7 Å². The zero-order chi connectivity index (χ0) is 14.5. The third-order valence-corrected chi connectivity index (χ3v) is 4.14. The maximum Gasteiger partial charge on any atom is 0.240 e. The summed E-state index contributed by atoms with van der Waals surface area (Å²) in [6.45, 7) is 3.86. The summed E-state index contributed by atoms with van der Waals surface area (Å²) in [7, 11) is 0. The van der Waals surface area contributed by atoms with Crippen molar-refractivity contribution in [2.24, 2.45) is 11.5 Å². The van der Waals surface area contributed by atoms with E-state index in [1.807, 2.05) is 0 Å². The monoisotopic (exact) mass is 296 g/mol. The minimum Gasteiger partial charge on any atom is -0.370 e. The molecule has 4 N–H and O–H groups in total. The normalized spacial score (nSPS) is 17.9. The van der Waals surface area contributed by atoms with Gasteiger partial charge in [-0.2, -0.15) is 11.3 Å². The number of hydrogen-bond acceptors (Lipinski definition) is 5.